The van der Waals surface area contributed by atoms with Crippen LogP contribution >= 0.6 is 0 Å². The van der Waals surface area contributed by atoms with Crippen molar-refractivity contribution >= 4 is 23.7 Å². The highest BCUT2D eigenvalue weighted by atomic mass is 16.6. The molecule has 0 aromatic heterocycles. The van der Waals surface area contributed by atoms with Gasteiger partial charge in [-0.25, -0.2) is 0 Å². The van der Waals surface area contributed by atoms with Gasteiger partial charge in [0.1, 0.15) is 17.3 Å². The molecule has 0 bridgehead atoms. The van der Waals surface area contributed by atoms with Crippen LogP contribution in [0.5, 0.6) is 0 Å². The molecule has 9 nitrogen and oxygen atoms in total. The van der Waals surface area contributed by atoms with E-state index in [2.05, 4.69) is 16.0 Å². The molecule has 0 aliphatic heterocycles. The lowest BCUT2D eigenvalue weighted by molar-refractivity contribution is -0.383. The zero-order valence-corrected chi connectivity index (χ0v) is 12.1. The third-order valence-corrected chi connectivity index (χ3v) is 2.69. The standard InChI is InChI=1S/C14H15N5O4/c15-8-11(9-16-6-3-7-17-10-20)14(21)18-12-4-1-2-5-13(12)19(22)23/h1-2,4-5,9-10,16H,3,6-7H2,(H,17,20)(H,18,21)/b11-9-. The van der Waals surface area contributed by atoms with Crippen LogP contribution in [0.15, 0.2) is 36.0 Å². The molecule has 0 fully saturated rings. The molecule has 1 aromatic rings. The molecule has 0 heterocycles. The first-order chi connectivity index (χ1) is 11.1. The van der Waals surface area contributed by atoms with E-state index in [1.165, 1.54) is 30.5 Å². The van der Waals surface area contributed by atoms with Gasteiger partial charge in [0.15, 0.2) is 0 Å². The molecule has 0 atom stereocenters. The van der Waals surface area contributed by atoms with E-state index in [4.69, 9.17) is 5.26 Å². The van der Waals surface area contributed by atoms with Crippen LogP contribution in [-0.4, -0.2) is 30.3 Å². The number of benzene rings is 1. The van der Waals surface area contributed by atoms with Gasteiger partial charge in [-0.1, -0.05) is 12.1 Å². The van der Waals surface area contributed by atoms with Crippen molar-refractivity contribution in [1.82, 2.24) is 10.6 Å². The second kappa shape index (κ2) is 9.51. The maximum Gasteiger partial charge on any atom is 0.292 e. The van der Waals surface area contributed by atoms with Gasteiger partial charge in [-0.15, -0.1) is 0 Å². The smallest absolute Gasteiger partial charge is 0.292 e. The molecule has 9 heteroatoms. The molecule has 0 aliphatic rings. The van der Waals surface area contributed by atoms with Crippen molar-refractivity contribution in [2.75, 3.05) is 18.4 Å². The van der Waals surface area contributed by atoms with Crippen LogP contribution in [0.4, 0.5) is 11.4 Å². The number of hydrogen-bond acceptors (Lipinski definition) is 6. The van der Waals surface area contributed by atoms with Gasteiger partial charge in [0.25, 0.3) is 11.6 Å². The van der Waals surface area contributed by atoms with Crippen LogP contribution in [0.25, 0.3) is 0 Å². The van der Waals surface area contributed by atoms with Crippen molar-refractivity contribution in [1.29, 1.82) is 5.26 Å². The molecule has 0 saturated heterocycles. The zero-order valence-electron chi connectivity index (χ0n) is 12.1. The summed E-state index contributed by atoms with van der Waals surface area (Å²) in [7, 11) is 0. The van der Waals surface area contributed by atoms with E-state index in [1.807, 2.05) is 0 Å². The van der Waals surface area contributed by atoms with Gasteiger partial charge in [0, 0.05) is 25.4 Å². The Bertz CT molecular complexity index is 651. The molecule has 1 aromatic carbocycles. The Morgan fingerprint density at radius 1 is 1.30 bits per heavy atom. The molecule has 0 unspecified atom stereocenters. The minimum atomic E-state index is -0.750. The van der Waals surface area contributed by atoms with Crippen LogP contribution in [-0.2, 0) is 9.59 Å². The van der Waals surface area contributed by atoms with E-state index in [0.717, 1.165) is 0 Å². The topological polar surface area (TPSA) is 137 Å². The average molecular weight is 317 g/mol. The van der Waals surface area contributed by atoms with E-state index in [0.29, 0.717) is 25.9 Å². The van der Waals surface area contributed by atoms with Crippen molar-refractivity contribution in [3.8, 4) is 6.07 Å². The quantitative estimate of drug-likeness (QED) is 0.153. The summed E-state index contributed by atoms with van der Waals surface area (Å²) in [4.78, 5) is 32.3. The van der Waals surface area contributed by atoms with Gasteiger partial charge in [-0.2, -0.15) is 5.26 Å². The Morgan fingerprint density at radius 3 is 2.65 bits per heavy atom. The highest BCUT2D eigenvalue weighted by molar-refractivity contribution is 6.07. The number of carbonyl (C=O) groups excluding carboxylic acids is 2. The maximum atomic E-state index is 12.0. The van der Waals surface area contributed by atoms with Crippen LogP contribution < -0.4 is 16.0 Å². The van der Waals surface area contributed by atoms with Crippen molar-refractivity contribution in [2.45, 2.75) is 6.42 Å². The lowest BCUT2D eigenvalue weighted by Gasteiger charge is -2.05. The van der Waals surface area contributed by atoms with Gasteiger partial charge in [0.2, 0.25) is 6.41 Å². The number of anilines is 1. The summed E-state index contributed by atoms with van der Waals surface area (Å²) < 4.78 is 0. The van der Waals surface area contributed by atoms with Gasteiger partial charge in [0.05, 0.1) is 4.92 Å². The number of rotatable bonds is 9. The number of nitro groups is 1. The number of nitriles is 1. The molecular weight excluding hydrogens is 302 g/mol. The second-order valence-electron chi connectivity index (χ2n) is 4.28. The van der Waals surface area contributed by atoms with Crippen molar-refractivity contribution in [2.24, 2.45) is 0 Å². The van der Waals surface area contributed by atoms with E-state index in [1.54, 1.807) is 6.07 Å². The molecule has 3 N–H and O–H groups in total. The number of amides is 2. The molecule has 0 aliphatic carbocycles. The summed E-state index contributed by atoms with van der Waals surface area (Å²) >= 11 is 0. The molecule has 2 amide bonds. The monoisotopic (exact) mass is 317 g/mol. The molecule has 23 heavy (non-hydrogen) atoms. The summed E-state index contributed by atoms with van der Waals surface area (Å²) in [6, 6.07) is 7.36. The Balaban J connectivity index is 2.66. The fraction of sp³-hybridized carbons (Fsp3) is 0.214. The molecule has 0 spiro atoms. The molecule has 0 radical (unpaired) electrons. The molecule has 120 valence electrons. The Morgan fingerprint density at radius 2 is 2.00 bits per heavy atom. The molecule has 0 saturated carbocycles. The summed E-state index contributed by atoms with van der Waals surface area (Å²) in [5.41, 5.74) is -0.462. The van der Waals surface area contributed by atoms with Crippen molar-refractivity contribution < 1.29 is 14.5 Å². The van der Waals surface area contributed by atoms with Crippen molar-refractivity contribution in [3.63, 3.8) is 0 Å². The largest absolute Gasteiger partial charge is 0.390 e. The highest BCUT2D eigenvalue weighted by Gasteiger charge is 2.16. The van der Waals surface area contributed by atoms with Crippen LogP contribution in [0.3, 0.4) is 0 Å². The average Bonchev–Trinajstić information content (AvgIpc) is 2.54. The number of hydrogen-bond donors (Lipinski definition) is 3. The molecular formula is C14H15N5O4. The summed E-state index contributed by atoms with van der Waals surface area (Å²) in [5.74, 6) is -0.750. The number of nitrogens with zero attached hydrogens (tertiary/aromatic N) is 2. The van der Waals surface area contributed by atoms with E-state index < -0.39 is 10.8 Å². The second-order valence-corrected chi connectivity index (χ2v) is 4.28. The highest BCUT2D eigenvalue weighted by Crippen LogP contribution is 2.23. The zero-order chi connectivity index (χ0) is 17.1. The van der Waals surface area contributed by atoms with Gasteiger partial charge in [-0.05, 0) is 12.5 Å². The fourth-order valence-corrected chi connectivity index (χ4v) is 1.60. The SMILES string of the molecule is N#C/C(=C/NCCCNC=O)C(=O)Nc1ccccc1[N+](=O)[O-]. The predicted octanol–water partition coefficient (Wildman–Crippen LogP) is 0.666. The van der Waals surface area contributed by atoms with Gasteiger partial charge in [-0.3, -0.25) is 19.7 Å². The summed E-state index contributed by atoms with van der Waals surface area (Å²) in [6.07, 6.45) is 2.42. The first-order valence-electron chi connectivity index (χ1n) is 6.65. The van der Waals surface area contributed by atoms with Crippen LogP contribution in [0.2, 0.25) is 0 Å². The Hall–Kier alpha value is -3.41. The van der Waals surface area contributed by atoms with E-state index in [-0.39, 0.29) is 16.9 Å². The Kier molecular flexibility index (Phi) is 7.30. The third-order valence-electron chi connectivity index (χ3n) is 2.69. The Labute approximate surface area is 132 Å². The van der Waals surface area contributed by atoms with Gasteiger partial charge >= 0.3 is 0 Å². The summed E-state index contributed by atoms with van der Waals surface area (Å²) in [5, 5.41) is 27.4. The first-order valence-corrected chi connectivity index (χ1v) is 6.65. The van der Waals surface area contributed by atoms with Crippen LogP contribution in [0, 0.1) is 21.4 Å². The predicted molar refractivity (Wildman–Crippen MR) is 82.1 cm³/mol. The van der Waals surface area contributed by atoms with E-state index in [9.17, 15) is 19.7 Å². The molecule has 1 rings (SSSR count). The minimum absolute atomic E-state index is 0.0128. The summed E-state index contributed by atoms with van der Waals surface area (Å²) in [6.45, 7) is 0.916. The van der Waals surface area contributed by atoms with Gasteiger partial charge < -0.3 is 16.0 Å². The number of nitro benzene ring substituents is 1. The van der Waals surface area contributed by atoms with Crippen molar-refractivity contribution in [3.05, 3.63) is 46.2 Å². The first kappa shape index (κ1) is 17.6. The lowest BCUT2D eigenvalue weighted by Crippen LogP contribution is -2.20. The third kappa shape index (κ3) is 5.84. The minimum Gasteiger partial charge on any atom is -0.390 e. The number of carbonyl (C=O) groups is 2. The lowest BCUT2D eigenvalue weighted by atomic mass is 10.2. The normalized spacial score (nSPS) is 10.3. The van der Waals surface area contributed by atoms with Crippen LogP contribution in [0.1, 0.15) is 6.42 Å². The van der Waals surface area contributed by atoms with E-state index >= 15 is 0 Å². The maximum absolute atomic E-state index is 12.0. The number of nitrogens with one attached hydrogen (secondary N) is 3. The number of para-hydroxylation sites is 2. The fourth-order valence-electron chi connectivity index (χ4n) is 1.60.